The number of alkyl halides is 8. The molecule has 5 nitrogen and oxygen atoms in total. The molecule has 22 heavy (non-hydrogen) atoms. The molecule has 0 fully saturated rings. The summed E-state index contributed by atoms with van der Waals surface area (Å²) >= 11 is 0. The van der Waals surface area contributed by atoms with E-state index in [2.05, 4.69) is 0 Å². The van der Waals surface area contributed by atoms with Crippen LogP contribution in [0, 0.1) is 0 Å². The van der Waals surface area contributed by atoms with Crippen LogP contribution < -0.4 is 0 Å². The highest BCUT2D eigenvalue weighted by atomic mass is 32.2. The van der Waals surface area contributed by atoms with Crippen molar-refractivity contribution in [3.63, 3.8) is 0 Å². The fraction of sp³-hybridized carbons (Fsp3) is 1.00. The smallest absolute Gasteiger partial charge is 0.395 e. The first kappa shape index (κ1) is 21.3. The molecule has 0 aliphatic rings. The Balaban J connectivity index is 5.97. The molecule has 0 rings (SSSR count). The Morgan fingerprint density at radius 1 is 0.909 bits per heavy atom. The standard InChI is InChI=1S/C8H11F8NO4S/c9-5(10)6(11,12)7(13,14)8(15,16)22(20,21)17(1-3-18)2-4-19/h5,18-19H,1-4H2. The van der Waals surface area contributed by atoms with Gasteiger partial charge in [0.2, 0.25) is 0 Å². The summed E-state index contributed by atoms with van der Waals surface area (Å²) in [4.78, 5) is 0. The van der Waals surface area contributed by atoms with E-state index in [1.165, 1.54) is 0 Å². The van der Waals surface area contributed by atoms with E-state index in [1.807, 2.05) is 0 Å². The van der Waals surface area contributed by atoms with E-state index in [4.69, 9.17) is 10.2 Å². The summed E-state index contributed by atoms with van der Waals surface area (Å²) in [6.45, 7) is -4.83. The molecule has 0 aromatic carbocycles. The van der Waals surface area contributed by atoms with Gasteiger partial charge in [-0.25, -0.2) is 17.2 Å². The lowest BCUT2D eigenvalue weighted by molar-refractivity contribution is -0.315. The van der Waals surface area contributed by atoms with Gasteiger partial charge in [-0.15, -0.1) is 0 Å². The SMILES string of the molecule is O=S(=O)(N(CCO)CCO)C(F)(F)C(F)(F)C(F)(F)C(F)F. The summed E-state index contributed by atoms with van der Waals surface area (Å²) in [7, 11) is -6.58. The van der Waals surface area contributed by atoms with E-state index >= 15 is 0 Å². The van der Waals surface area contributed by atoms with Gasteiger partial charge in [-0.05, 0) is 0 Å². The lowest BCUT2D eigenvalue weighted by atomic mass is 10.2. The Morgan fingerprint density at radius 3 is 1.55 bits per heavy atom. The van der Waals surface area contributed by atoms with Crippen molar-refractivity contribution in [1.82, 2.24) is 4.31 Å². The molecule has 0 aromatic heterocycles. The average Bonchev–Trinajstić information content (AvgIpc) is 2.37. The van der Waals surface area contributed by atoms with E-state index in [1.54, 1.807) is 0 Å². The molecule has 0 atom stereocenters. The molecule has 0 aliphatic carbocycles. The maximum Gasteiger partial charge on any atom is 0.427 e. The van der Waals surface area contributed by atoms with Crippen molar-refractivity contribution < 1.29 is 53.8 Å². The lowest BCUT2D eigenvalue weighted by Gasteiger charge is -2.34. The first-order chi connectivity index (χ1) is 9.71. The molecule has 0 spiro atoms. The minimum atomic E-state index is -6.93. The van der Waals surface area contributed by atoms with Crippen LogP contribution in [0.2, 0.25) is 0 Å². The monoisotopic (exact) mass is 369 g/mol. The zero-order valence-electron chi connectivity index (χ0n) is 10.5. The third-order valence-electron chi connectivity index (χ3n) is 2.42. The maximum absolute atomic E-state index is 13.4. The quantitative estimate of drug-likeness (QED) is 0.588. The number of rotatable bonds is 9. The van der Waals surface area contributed by atoms with Crippen LogP contribution in [-0.2, 0) is 10.0 Å². The van der Waals surface area contributed by atoms with E-state index in [9.17, 15) is 43.5 Å². The molecule has 0 aliphatic heterocycles. The van der Waals surface area contributed by atoms with E-state index < -0.39 is 64.2 Å². The summed E-state index contributed by atoms with van der Waals surface area (Å²) in [5.41, 5.74) is 0. The molecular formula is C8H11F8NO4S. The van der Waals surface area contributed by atoms with Crippen molar-refractivity contribution in [2.24, 2.45) is 0 Å². The van der Waals surface area contributed by atoms with Crippen molar-refractivity contribution in [3.05, 3.63) is 0 Å². The summed E-state index contributed by atoms with van der Waals surface area (Å²) in [6.07, 6.45) is -5.26. The molecule has 0 bridgehead atoms. The molecule has 2 N–H and O–H groups in total. The number of aliphatic hydroxyl groups excluding tert-OH is 2. The van der Waals surface area contributed by atoms with Gasteiger partial charge in [0, 0.05) is 13.1 Å². The zero-order chi connectivity index (χ0) is 18.0. The summed E-state index contributed by atoms with van der Waals surface area (Å²) < 4.78 is 124. The van der Waals surface area contributed by atoms with E-state index in [0.717, 1.165) is 0 Å². The van der Waals surface area contributed by atoms with Crippen LogP contribution >= 0.6 is 0 Å². The normalized spacial score (nSPS) is 14.9. The highest BCUT2D eigenvalue weighted by Crippen LogP contribution is 2.51. The Labute approximate surface area is 119 Å². The number of nitrogens with zero attached hydrogens (tertiary/aromatic N) is 1. The second-order valence-corrected chi connectivity index (χ2v) is 5.85. The maximum atomic E-state index is 13.4. The van der Waals surface area contributed by atoms with Gasteiger partial charge in [0.25, 0.3) is 10.0 Å². The largest absolute Gasteiger partial charge is 0.427 e. The predicted molar refractivity (Wildman–Crippen MR) is 55.5 cm³/mol. The van der Waals surface area contributed by atoms with Crippen LogP contribution in [0.4, 0.5) is 35.1 Å². The van der Waals surface area contributed by atoms with Crippen LogP contribution in [0.1, 0.15) is 0 Å². The molecule has 14 heteroatoms. The Morgan fingerprint density at radius 2 is 1.27 bits per heavy atom. The number of aliphatic hydroxyl groups is 2. The highest BCUT2D eigenvalue weighted by Gasteiger charge is 2.80. The lowest BCUT2D eigenvalue weighted by Crippen LogP contribution is -2.63. The molecule has 0 saturated heterocycles. The van der Waals surface area contributed by atoms with E-state index in [-0.39, 0.29) is 0 Å². The van der Waals surface area contributed by atoms with Crippen molar-refractivity contribution in [2.45, 2.75) is 23.5 Å². The third-order valence-corrected chi connectivity index (χ3v) is 4.37. The molecule has 0 amide bonds. The predicted octanol–water partition coefficient (Wildman–Crippen LogP) is 0.731. The van der Waals surface area contributed by atoms with Gasteiger partial charge >= 0.3 is 23.5 Å². The Kier molecular flexibility index (Phi) is 6.57. The second kappa shape index (κ2) is 6.80. The summed E-state index contributed by atoms with van der Waals surface area (Å²) in [5.74, 6) is -13.6. The van der Waals surface area contributed by atoms with Gasteiger partial charge in [-0.2, -0.15) is 30.6 Å². The minimum absolute atomic E-state index is 0.609. The minimum Gasteiger partial charge on any atom is -0.395 e. The molecular weight excluding hydrogens is 358 g/mol. The summed E-state index contributed by atoms with van der Waals surface area (Å²) in [5, 5.41) is 10.3. The molecule has 0 heterocycles. The number of hydrogen-bond donors (Lipinski definition) is 2. The number of hydrogen-bond acceptors (Lipinski definition) is 4. The van der Waals surface area contributed by atoms with Crippen LogP contribution in [0.3, 0.4) is 0 Å². The van der Waals surface area contributed by atoms with Crippen molar-refractivity contribution >= 4 is 10.0 Å². The zero-order valence-corrected chi connectivity index (χ0v) is 11.3. The average molecular weight is 369 g/mol. The van der Waals surface area contributed by atoms with Crippen LogP contribution in [0.25, 0.3) is 0 Å². The Hall–Kier alpha value is -0.730. The highest BCUT2D eigenvalue weighted by molar-refractivity contribution is 7.90. The Bertz CT molecular complexity index is 463. The fourth-order valence-electron chi connectivity index (χ4n) is 1.23. The van der Waals surface area contributed by atoms with Gasteiger partial charge in [0.1, 0.15) is 0 Å². The van der Waals surface area contributed by atoms with Gasteiger partial charge in [0.05, 0.1) is 13.2 Å². The molecule has 0 radical (unpaired) electrons. The van der Waals surface area contributed by atoms with Gasteiger partial charge in [-0.3, -0.25) is 0 Å². The van der Waals surface area contributed by atoms with Crippen LogP contribution in [-0.4, -0.2) is 72.8 Å². The van der Waals surface area contributed by atoms with Gasteiger partial charge in [0.15, 0.2) is 0 Å². The fourth-order valence-corrected chi connectivity index (χ4v) is 2.66. The van der Waals surface area contributed by atoms with Crippen molar-refractivity contribution in [2.75, 3.05) is 26.3 Å². The molecule has 134 valence electrons. The molecule has 0 aromatic rings. The van der Waals surface area contributed by atoms with Crippen molar-refractivity contribution in [3.8, 4) is 0 Å². The first-order valence-corrected chi connectivity index (χ1v) is 6.78. The van der Waals surface area contributed by atoms with Gasteiger partial charge in [-0.1, -0.05) is 0 Å². The second-order valence-electron chi connectivity index (χ2n) is 3.87. The third kappa shape index (κ3) is 3.28. The first-order valence-electron chi connectivity index (χ1n) is 5.34. The van der Waals surface area contributed by atoms with Crippen LogP contribution in [0.15, 0.2) is 0 Å². The van der Waals surface area contributed by atoms with E-state index in [0.29, 0.717) is 0 Å². The van der Waals surface area contributed by atoms with Crippen LogP contribution in [0.5, 0.6) is 0 Å². The summed E-state index contributed by atoms with van der Waals surface area (Å²) in [6, 6.07) is 0. The molecule has 0 unspecified atom stereocenters. The van der Waals surface area contributed by atoms with Gasteiger partial charge < -0.3 is 10.2 Å². The molecule has 0 saturated carbocycles. The van der Waals surface area contributed by atoms with Crippen molar-refractivity contribution in [1.29, 1.82) is 0 Å². The number of sulfonamides is 1. The number of halogens is 8. The topological polar surface area (TPSA) is 77.8 Å².